The van der Waals surface area contributed by atoms with Gasteiger partial charge in [-0.25, -0.2) is 0 Å². The quantitative estimate of drug-likeness (QED) is 0.324. The first-order chi connectivity index (χ1) is 13.6. The Morgan fingerprint density at radius 3 is 2.86 bits per heavy atom. The normalized spacial score (nSPS) is 10.9. The van der Waals surface area contributed by atoms with Crippen molar-refractivity contribution in [2.45, 2.75) is 13.8 Å². The van der Waals surface area contributed by atoms with Gasteiger partial charge in [-0.2, -0.15) is 4.37 Å². The highest BCUT2D eigenvalue weighted by molar-refractivity contribution is 7.80. The molecule has 0 unspecified atom stereocenters. The number of aryl methyl sites for hydroxylation is 2. The Kier molecular flexibility index (Phi) is 5.36. The van der Waals surface area contributed by atoms with Crippen LogP contribution in [0.1, 0.15) is 11.3 Å². The number of pyridine rings is 1. The minimum Gasteiger partial charge on any atom is -0.383 e. The zero-order valence-electron chi connectivity index (χ0n) is 15.7. The number of hydrogen-bond acceptors (Lipinski definition) is 5. The molecule has 7 heteroatoms. The monoisotopic (exact) mass is 407 g/mol. The summed E-state index contributed by atoms with van der Waals surface area (Å²) in [6.07, 6.45) is 1.87. The number of rotatable bonds is 5. The molecule has 0 aliphatic heterocycles. The largest absolute Gasteiger partial charge is 0.383 e. The van der Waals surface area contributed by atoms with Crippen LogP contribution < -0.4 is 16.0 Å². The lowest BCUT2D eigenvalue weighted by Gasteiger charge is -2.13. The van der Waals surface area contributed by atoms with Gasteiger partial charge in [-0.15, -0.1) is 0 Å². The van der Waals surface area contributed by atoms with Crippen LogP contribution in [0, 0.1) is 13.8 Å². The SMILES string of the molecule is Cc1ccc2nc(C)cc(NCCNC(=S)Nc3ccc4sncc4c3)c2c1. The second-order valence-corrected chi connectivity index (χ2v) is 7.96. The molecule has 0 amide bonds. The predicted molar refractivity (Wildman–Crippen MR) is 124 cm³/mol. The Labute approximate surface area is 173 Å². The van der Waals surface area contributed by atoms with Crippen LogP contribution in [0.2, 0.25) is 0 Å². The van der Waals surface area contributed by atoms with Crippen molar-refractivity contribution in [1.82, 2.24) is 14.7 Å². The topological polar surface area (TPSA) is 61.9 Å². The van der Waals surface area contributed by atoms with E-state index < -0.39 is 0 Å². The van der Waals surface area contributed by atoms with Crippen LogP contribution in [0.5, 0.6) is 0 Å². The van der Waals surface area contributed by atoms with E-state index in [4.69, 9.17) is 12.2 Å². The van der Waals surface area contributed by atoms with Gasteiger partial charge in [0, 0.05) is 47.1 Å². The Balaban J connectivity index is 1.33. The smallest absolute Gasteiger partial charge is 0.170 e. The molecule has 0 aliphatic rings. The van der Waals surface area contributed by atoms with E-state index in [1.807, 2.05) is 19.2 Å². The molecule has 4 aromatic rings. The van der Waals surface area contributed by atoms with Crippen molar-refractivity contribution in [3.8, 4) is 0 Å². The Morgan fingerprint density at radius 1 is 1.07 bits per heavy atom. The molecule has 2 heterocycles. The van der Waals surface area contributed by atoms with E-state index in [1.54, 1.807) is 0 Å². The van der Waals surface area contributed by atoms with E-state index in [9.17, 15) is 0 Å². The summed E-state index contributed by atoms with van der Waals surface area (Å²) in [5.74, 6) is 0. The van der Waals surface area contributed by atoms with Crippen molar-refractivity contribution < 1.29 is 0 Å². The second kappa shape index (κ2) is 8.08. The highest BCUT2D eigenvalue weighted by Gasteiger charge is 2.05. The molecule has 0 aliphatic carbocycles. The lowest BCUT2D eigenvalue weighted by atomic mass is 10.1. The van der Waals surface area contributed by atoms with Gasteiger partial charge in [0.1, 0.15) is 0 Å². The average molecular weight is 408 g/mol. The molecule has 5 nitrogen and oxygen atoms in total. The van der Waals surface area contributed by atoms with Crippen molar-refractivity contribution in [2.75, 3.05) is 23.7 Å². The molecule has 2 aromatic heterocycles. The van der Waals surface area contributed by atoms with Crippen molar-refractivity contribution in [2.24, 2.45) is 0 Å². The van der Waals surface area contributed by atoms with Gasteiger partial charge in [0.15, 0.2) is 5.11 Å². The van der Waals surface area contributed by atoms with Crippen molar-refractivity contribution in [3.63, 3.8) is 0 Å². The third-order valence-corrected chi connectivity index (χ3v) is 5.45. The number of fused-ring (bicyclic) bond motifs is 2. The fourth-order valence-corrected chi connectivity index (χ4v) is 3.96. The van der Waals surface area contributed by atoms with E-state index in [2.05, 4.69) is 68.6 Å². The van der Waals surface area contributed by atoms with Gasteiger partial charge in [-0.1, -0.05) is 11.6 Å². The first kappa shape index (κ1) is 18.6. The highest BCUT2D eigenvalue weighted by Crippen LogP contribution is 2.24. The van der Waals surface area contributed by atoms with Gasteiger partial charge >= 0.3 is 0 Å². The molecule has 28 heavy (non-hydrogen) atoms. The lowest BCUT2D eigenvalue weighted by molar-refractivity contribution is 0.916. The zero-order chi connectivity index (χ0) is 19.5. The van der Waals surface area contributed by atoms with Gasteiger partial charge in [0.2, 0.25) is 0 Å². The number of nitrogens with zero attached hydrogens (tertiary/aromatic N) is 2. The first-order valence-corrected chi connectivity index (χ1v) is 10.3. The summed E-state index contributed by atoms with van der Waals surface area (Å²) in [5, 5.41) is 12.8. The number of aromatic nitrogens is 2. The number of thiocarbonyl (C=S) groups is 1. The molecule has 0 spiro atoms. The van der Waals surface area contributed by atoms with Crippen LogP contribution in [0.3, 0.4) is 0 Å². The Hall–Kier alpha value is -2.77. The van der Waals surface area contributed by atoms with Gasteiger partial charge in [-0.3, -0.25) is 4.98 Å². The molecule has 0 bridgehead atoms. The maximum Gasteiger partial charge on any atom is 0.170 e. The minimum atomic E-state index is 0.607. The van der Waals surface area contributed by atoms with Gasteiger partial charge in [0.05, 0.1) is 10.2 Å². The molecule has 142 valence electrons. The predicted octanol–water partition coefficient (Wildman–Crippen LogP) is 4.86. The average Bonchev–Trinajstić information content (AvgIpc) is 3.13. The fraction of sp³-hybridized carbons (Fsp3) is 0.190. The van der Waals surface area contributed by atoms with E-state index in [0.717, 1.165) is 39.9 Å². The molecule has 4 rings (SSSR count). The summed E-state index contributed by atoms with van der Waals surface area (Å²) in [4.78, 5) is 4.61. The fourth-order valence-electron chi connectivity index (χ4n) is 3.12. The molecule has 0 atom stereocenters. The van der Waals surface area contributed by atoms with Crippen molar-refractivity contribution in [1.29, 1.82) is 0 Å². The van der Waals surface area contributed by atoms with Crippen LogP contribution >= 0.6 is 23.8 Å². The van der Waals surface area contributed by atoms with Crippen LogP contribution in [-0.4, -0.2) is 27.6 Å². The third kappa shape index (κ3) is 4.21. The van der Waals surface area contributed by atoms with E-state index >= 15 is 0 Å². The van der Waals surface area contributed by atoms with Crippen molar-refractivity contribution >= 4 is 61.2 Å². The van der Waals surface area contributed by atoms with Crippen LogP contribution in [-0.2, 0) is 0 Å². The maximum absolute atomic E-state index is 5.41. The summed E-state index contributed by atoms with van der Waals surface area (Å²) in [6, 6.07) is 14.5. The Morgan fingerprint density at radius 2 is 1.96 bits per heavy atom. The summed E-state index contributed by atoms with van der Waals surface area (Å²) < 4.78 is 5.37. The van der Waals surface area contributed by atoms with E-state index in [-0.39, 0.29) is 0 Å². The molecule has 0 saturated carbocycles. The standard InChI is InChI=1S/C21H21N5S2/c1-13-3-5-18-17(9-13)19(10-14(2)25-18)22-7-8-23-21(27)26-16-4-6-20-15(11-16)12-24-28-20/h3-6,9-12H,7-8H2,1-2H3,(H,22,25)(H2,23,26,27). The Bertz CT molecular complexity index is 1150. The maximum atomic E-state index is 5.41. The lowest BCUT2D eigenvalue weighted by Crippen LogP contribution is -2.32. The molecule has 0 fully saturated rings. The highest BCUT2D eigenvalue weighted by atomic mass is 32.1. The van der Waals surface area contributed by atoms with Gasteiger partial charge in [0.25, 0.3) is 0 Å². The molecular formula is C21H21N5S2. The van der Waals surface area contributed by atoms with Crippen LogP contribution in [0.25, 0.3) is 21.0 Å². The van der Waals surface area contributed by atoms with Crippen LogP contribution in [0.15, 0.2) is 48.7 Å². The molecule has 0 radical (unpaired) electrons. The molecule has 2 aromatic carbocycles. The molecule has 3 N–H and O–H groups in total. The number of hydrogen-bond donors (Lipinski definition) is 3. The van der Waals surface area contributed by atoms with Gasteiger partial charge in [-0.05, 0) is 74.0 Å². The molecular weight excluding hydrogens is 386 g/mol. The van der Waals surface area contributed by atoms with E-state index in [0.29, 0.717) is 11.7 Å². The van der Waals surface area contributed by atoms with Gasteiger partial charge < -0.3 is 16.0 Å². The summed E-state index contributed by atoms with van der Waals surface area (Å²) in [5.41, 5.74) is 5.30. The number of benzene rings is 2. The second-order valence-electron chi connectivity index (χ2n) is 6.72. The first-order valence-electron chi connectivity index (χ1n) is 9.10. The summed E-state index contributed by atoms with van der Waals surface area (Å²) >= 11 is 6.90. The number of nitrogens with one attached hydrogen (secondary N) is 3. The molecule has 0 saturated heterocycles. The van der Waals surface area contributed by atoms with Crippen LogP contribution in [0.4, 0.5) is 11.4 Å². The summed E-state index contributed by atoms with van der Waals surface area (Å²) in [7, 11) is 0. The van der Waals surface area contributed by atoms with Crippen molar-refractivity contribution in [3.05, 3.63) is 59.9 Å². The van der Waals surface area contributed by atoms with E-state index in [1.165, 1.54) is 21.8 Å². The third-order valence-electron chi connectivity index (χ3n) is 4.43. The zero-order valence-corrected chi connectivity index (χ0v) is 17.4. The number of anilines is 2. The minimum absolute atomic E-state index is 0.607. The summed E-state index contributed by atoms with van der Waals surface area (Å²) in [6.45, 7) is 5.57.